The third-order valence-electron chi connectivity index (χ3n) is 9.72. The summed E-state index contributed by atoms with van der Waals surface area (Å²) in [4.78, 5) is 13.9. The first-order valence-corrected chi connectivity index (χ1v) is 16.6. The van der Waals surface area contributed by atoms with Crippen LogP contribution in [0.25, 0.3) is 11.3 Å². The van der Waals surface area contributed by atoms with Crippen LogP contribution in [0.15, 0.2) is 18.3 Å². The lowest BCUT2D eigenvalue weighted by atomic mass is 9.75. The van der Waals surface area contributed by atoms with Gasteiger partial charge in [-0.25, -0.2) is 26.6 Å². The summed E-state index contributed by atoms with van der Waals surface area (Å²) in [5.41, 5.74) is -3.05. The maximum atomic E-state index is 14.2. The van der Waals surface area contributed by atoms with Crippen molar-refractivity contribution in [1.82, 2.24) is 20.3 Å². The molecule has 6 atom stereocenters. The number of hydrogen-bond acceptors (Lipinski definition) is 9. The molecule has 2 aromatic rings. The molecular formula is C31H41F5N4O6S. The third-order valence-corrected chi connectivity index (χ3v) is 11.3. The number of methoxy groups -OCH3 is 1. The van der Waals surface area contributed by atoms with Crippen molar-refractivity contribution in [2.75, 3.05) is 13.7 Å². The van der Waals surface area contributed by atoms with E-state index in [1.807, 2.05) is 0 Å². The van der Waals surface area contributed by atoms with E-state index in [9.17, 15) is 42.1 Å². The van der Waals surface area contributed by atoms with Crippen molar-refractivity contribution in [3.8, 4) is 11.3 Å². The largest absolute Gasteiger partial charge is 0.394 e. The zero-order chi connectivity index (χ0) is 34.3. The number of carbonyl (C=O) groups excluding carboxylic acids is 1. The molecule has 47 heavy (non-hydrogen) atoms. The molecule has 1 amide bonds. The summed E-state index contributed by atoms with van der Waals surface area (Å²) < 4.78 is 82.7. The Morgan fingerprint density at radius 2 is 1.74 bits per heavy atom. The molecule has 0 spiro atoms. The fourth-order valence-corrected chi connectivity index (χ4v) is 8.26. The fourth-order valence-electron chi connectivity index (χ4n) is 6.68. The van der Waals surface area contributed by atoms with Gasteiger partial charge in [-0.1, -0.05) is 19.1 Å². The van der Waals surface area contributed by atoms with Crippen LogP contribution >= 0.6 is 11.8 Å². The average molecular weight is 693 g/mol. The second-order valence-electron chi connectivity index (χ2n) is 13.7. The molecule has 0 radical (unpaired) electrons. The van der Waals surface area contributed by atoms with Crippen molar-refractivity contribution in [2.24, 2.45) is 5.41 Å². The van der Waals surface area contributed by atoms with Crippen LogP contribution in [0.5, 0.6) is 0 Å². The van der Waals surface area contributed by atoms with Crippen LogP contribution in [0, 0.1) is 22.9 Å². The Morgan fingerprint density at radius 1 is 1.13 bits per heavy atom. The molecule has 2 heterocycles. The van der Waals surface area contributed by atoms with Crippen molar-refractivity contribution in [3.05, 3.63) is 35.8 Å². The molecular weight excluding hydrogens is 651 g/mol. The number of benzene rings is 1. The van der Waals surface area contributed by atoms with Crippen molar-refractivity contribution >= 4 is 17.7 Å². The average Bonchev–Trinajstić information content (AvgIpc) is 3.51. The van der Waals surface area contributed by atoms with E-state index < -0.39 is 89.4 Å². The van der Waals surface area contributed by atoms with Crippen LogP contribution in [0.1, 0.15) is 71.3 Å². The van der Waals surface area contributed by atoms with Gasteiger partial charge in [0.2, 0.25) is 11.8 Å². The Morgan fingerprint density at radius 3 is 2.32 bits per heavy atom. The predicted molar refractivity (Wildman–Crippen MR) is 161 cm³/mol. The lowest BCUT2D eigenvalue weighted by Gasteiger charge is -2.47. The van der Waals surface area contributed by atoms with Crippen LogP contribution in [0.2, 0.25) is 0 Å². The monoisotopic (exact) mass is 692 g/mol. The van der Waals surface area contributed by atoms with E-state index in [2.05, 4.69) is 29.5 Å². The van der Waals surface area contributed by atoms with Gasteiger partial charge in [-0.05, 0) is 56.1 Å². The Labute approximate surface area is 273 Å². The number of alkyl halides is 2. The zero-order valence-corrected chi connectivity index (χ0v) is 27.2. The zero-order valence-electron chi connectivity index (χ0n) is 26.3. The smallest absolute Gasteiger partial charge is 0.248 e. The molecule has 10 nitrogen and oxygen atoms in total. The van der Waals surface area contributed by atoms with E-state index >= 15 is 0 Å². The van der Waals surface area contributed by atoms with Crippen molar-refractivity contribution in [3.63, 3.8) is 0 Å². The Hall–Kier alpha value is -2.37. The second-order valence-corrected chi connectivity index (χ2v) is 14.9. The third kappa shape index (κ3) is 7.77. The highest BCUT2D eigenvalue weighted by Crippen LogP contribution is 2.47. The van der Waals surface area contributed by atoms with E-state index in [0.29, 0.717) is 12.8 Å². The number of carbonyl (C=O) groups is 1. The predicted octanol–water partition coefficient (Wildman–Crippen LogP) is 4.12. The van der Waals surface area contributed by atoms with E-state index in [4.69, 9.17) is 9.47 Å². The Bertz CT molecular complexity index is 1390. The molecule has 1 saturated heterocycles. The standard InChI is InChI=1S/C31H41F5N4O6S/c1-29(2)6-4-17(5-7-29)37-27(43)26(30(44)8-10-31(35,36)11-9-30)47-28-25(45-3)23(24(42)21(15-41)46-28)40-14-20(38-39-40)16-12-18(32)22(34)19(33)13-16/h12-14,17,21,23-26,28,41-42,44H,4-11,15H2,1-3H3,(H,37,43)/t21-,23+,24+,25-,26?,28+/m1/s1. The Balaban J connectivity index is 1.44. The SMILES string of the molecule is CO[C@@H]1[C@@H](n2cc(-c3cc(F)c(F)c(F)c3)nn2)[C@@H](O)[C@@H](CO)O[C@H]1SC(C(=O)NC1CCC(C)(C)CC1)C1(O)CCC(F)(F)CC1. The van der Waals surface area contributed by atoms with Crippen molar-refractivity contribution in [1.29, 1.82) is 0 Å². The second kappa shape index (κ2) is 13.9. The molecule has 5 rings (SSSR count). The number of aromatic nitrogens is 3. The molecule has 3 aliphatic rings. The summed E-state index contributed by atoms with van der Waals surface area (Å²) in [6.45, 7) is 3.62. The lowest BCUT2D eigenvalue weighted by Crippen LogP contribution is -2.59. The summed E-state index contributed by atoms with van der Waals surface area (Å²) in [6.07, 6.45) is -1.33. The summed E-state index contributed by atoms with van der Waals surface area (Å²) in [7, 11) is 1.30. The molecule has 262 valence electrons. The quantitative estimate of drug-likeness (QED) is 0.226. The fraction of sp³-hybridized carbons (Fsp3) is 0.710. The van der Waals surface area contributed by atoms with E-state index in [0.717, 1.165) is 41.4 Å². The topological polar surface area (TPSA) is 139 Å². The highest BCUT2D eigenvalue weighted by molar-refractivity contribution is 8.01. The van der Waals surface area contributed by atoms with Crippen LogP contribution in [-0.2, 0) is 14.3 Å². The van der Waals surface area contributed by atoms with E-state index in [-0.39, 0.29) is 35.6 Å². The van der Waals surface area contributed by atoms with Gasteiger partial charge in [-0.2, -0.15) is 0 Å². The summed E-state index contributed by atoms with van der Waals surface area (Å²) >= 11 is 0.850. The minimum absolute atomic E-state index is 0.0635. The molecule has 3 fully saturated rings. The van der Waals surface area contributed by atoms with Crippen LogP contribution in [-0.4, -0.2) is 96.5 Å². The first-order chi connectivity index (χ1) is 22.1. The van der Waals surface area contributed by atoms with Crippen molar-refractivity contribution in [2.45, 2.75) is 118 Å². The molecule has 1 unspecified atom stereocenters. The number of halogens is 5. The maximum Gasteiger partial charge on any atom is 0.248 e. The van der Waals surface area contributed by atoms with Gasteiger partial charge in [0.1, 0.15) is 40.7 Å². The van der Waals surface area contributed by atoms with Crippen LogP contribution in [0.4, 0.5) is 22.0 Å². The molecule has 4 N–H and O–H groups in total. The minimum atomic E-state index is -2.98. The molecule has 2 aliphatic carbocycles. The van der Waals surface area contributed by atoms with Gasteiger partial charge in [0.05, 0.1) is 18.4 Å². The Kier molecular flexibility index (Phi) is 10.6. The number of hydrogen-bond donors (Lipinski definition) is 4. The first kappa shape index (κ1) is 35.9. The van der Waals surface area contributed by atoms with Gasteiger partial charge in [0, 0.05) is 31.6 Å². The number of amides is 1. The molecule has 1 aromatic heterocycles. The van der Waals surface area contributed by atoms with Gasteiger partial charge in [0.25, 0.3) is 0 Å². The molecule has 1 aromatic carbocycles. The number of rotatable bonds is 9. The van der Waals surface area contributed by atoms with Crippen LogP contribution in [0.3, 0.4) is 0 Å². The first-order valence-electron chi connectivity index (χ1n) is 15.7. The summed E-state index contributed by atoms with van der Waals surface area (Å²) in [6, 6.07) is 0.156. The highest BCUT2D eigenvalue weighted by atomic mass is 32.2. The number of aliphatic hydroxyl groups is 3. The number of nitrogens with one attached hydrogen (secondary N) is 1. The summed E-state index contributed by atoms with van der Waals surface area (Å²) in [5, 5.41) is 42.8. The number of aliphatic hydroxyl groups excluding tert-OH is 2. The van der Waals surface area contributed by atoms with Crippen molar-refractivity contribution < 1.29 is 51.5 Å². The van der Waals surface area contributed by atoms with E-state index in [1.165, 1.54) is 13.3 Å². The molecule has 16 heteroatoms. The normalized spacial score (nSPS) is 29.7. The lowest BCUT2D eigenvalue weighted by molar-refractivity contribution is -0.186. The van der Waals surface area contributed by atoms with Gasteiger partial charge in [-0.15, -0.1) is 16.9 Å². The molecule has 1 aliphatic heterocycles. The molecule has 0 bridgehead atoms. The van der Waals surface area contributed by atoms with Gasteiger partial charge >= 0.3 is 0 Å². The van der Waals surface area contributed by atoms with Crippen LogP contribution < -0.4 is 5.32 Å². The number of thioether (sulfide) groups is 1. The number of nitrogens with zero attached hydrogens (tertiary/aromatic N) is 3. The van der Waals surface area contributed by atoms with Gasteiger partial charge < -0.3 is 30.1 Å². The maximum absolute atomic E-state index is 14.2. The highest BCUT2D eigenvalue weighted by Gasteiger charge is 2.54. The minimum Gasteiger partial charge on any atom is -0.394 e. The molecule has 2 saturated carbocycles. The summed E-state index contributed by atoms with van der Waals surface area (Å²) in [5.74, 6) is -8.06. The number of ether oxygens (including phenoxy) is 2. The van der Waals surface area contributed by atoms with Gasteiger partial charge in [-0.3, -0.25) is 4.79 Å². The van der Waals surface area contributed by atoms with E-state index in [1.54, 1.807) is 0 Å². The van der Waals surface area contributed by atoms with Gasteiger partial charge in [0.15, 0.2) is 17.5 Å².